The second-order valence-corrected chi connectivity index (χ2v) is 4.78. The van der Waals surface area contributed by atoms with Crippen molar-refractivity contribution in [3.05, 3.63) is 58.9 Å². The molecule has 1 aromatic heterocycles. The van der Waals surface area contributed by atoms with Crippen LogP contribution in [-0.4, -0.2) is 4.98 Å². The van der Waals surface area contributed by atoms with Crippen LogP contribution in [0.3, 0.4) is 0 Å². The third-order valence-electron chi connectivity index (χ3n) is 2.99. The summed E-state index contributed by atoms with van der Waals surface area (Å²) in [6.07, 6.45) is 1.61. The Hall–Kier alpha value is -2.38. The Kier molecular flexibility index (Phi) is 4.34. The lowest BCUT2D eigenvalue weighted by Crippen LogP contribution is -2.08. The number of nitriles is 1. The van der Waals surface area contributed by atoms with E-state index in [0.717, 1.165) is 22.4 Å². The van der Waals surface area contributed by atoms with Crippen molar-refractivity contribution in [1.82, 2.24) is 4.98 Å². The maximum atomic E-state index is 8.83. The zero-order valence-electron chi connectivity index (χ0n) is 11.6. The van der Waals surface area contributed by atoms with E-state index in [0.29, 0.717) is 12.3 Å². The summed E-state index contributed by atoms with van der Waals surface area (Å²) in [4.78, 5) is 3.94. The molecular formula is C16H17N3O. The van der Waals surface area contributed by atoms with Crippen LogP contribution in [0.5, 0.6) is 5.75 Å². The minimum Gasteiger partial charge on any atom is -0.489 e. The lowest BCUT2D eigenvalue weighted by atomic mass is 10.1. The van der Waals surface area contributed by atoms with E-state index >= 15 is 0 Å². The van der Waals surface area contributed by atoms with Crippen LogP contribution in [0.15, 0.2) is 36.5 Å². The first-order chi connectivity index (χ1) is 9.60. The molecule has 0 aliphatic carbocycles. The highest BCUT2D eigenvalue weighted by atomic mass is 16.5. The largest absolute Gasteiger partial charge is 0.489 e. The van der Waals surface area contributed by atoms with E-state index in [1.165, 1.54) is 0 Å². The maximum Gasteiger partial charge on any atom is 0.140 e. The van der Waals surface area contributed by atoms with Crippen LogP contribution in [0.2, 0.25) is 0 Å². The van der Waals surface area contributed by atoms with Crippen molar-refractivity contribution >= 4 is 0 Å². The normalized spacial score (nSPS) is 11.7. The van der Waals surface area contributed by atoms with Gasteiger partial charge in [0.15, 0.2) is 0 Å². The molecule has 2 N–H and O–H groups in total. The molecule has 0 bridgehead atoms. The number of benzene rings is 1. The van der Waals surface area contributed by atoms with Crippen LogP contribution in [0.25, 0.3) is 0 Å². The van der Waals surface area contributed by atoms with E-state index in [1.807, 2.05) is 44.2 Å². The van der Waals surface area contributed by atoms with E-state index in [2.05, 4.69) is 4.98 Å². The molecule has 0 aliphatic rings. The first kappa shape index (κ1) is 14.0. The molecule has 2 aromatic rings. The number of pyridine rings is 1. The average Bonchev–Trinajstić information content (AvgIpc) is 2.45. The molecule has 4 heteroatoms. The fourth-order valence-electron chi connectivity index (χ4n) is 1.93. The van der Waals surface area contributed by atoms with E-state index in [-0.39, 0.29) is 6.04 Å². The Balaban J connectivity index is 2.18. The van der Waals surface area contributed by atoms with Crippen LogP contribution in [0.4, 0.5) is 0 Å². The minimum atomic E-state index is -0.0855. The van der Waals surface area contributed by atoms with Crippen LogP contribution in [0, 0.1) is 18.3 Å². The second kappa shape index (κ2) is 6.18. The van der Waals surface area contributed by atoms with Crippen molar-refractivity contribution in [1.29, 1.82) is 5.26 Å². The summed E-state index contributed by atoms with van der Waals surface area (Å²) >= 11 is 0. The lowest BCUT2D eigenvalue weighted by molar-refractivity contribution is 0.301. The Bertz CT molecular complexity index is 644. The molecule has 102 valence electrons. The molecule has 0 unspecified atom stereocenters. The van der Waals surface area contributed by atoms with Gasteiger partial charge in [-0.2, -0.15) is 5.26 Å². The number of aryl methyl sites for hydroxylation is 1. The summed E-state index contributed by atoms with van der Waals surface area (Å²) in [6, 6.07) is 11.5. The SMILES string of the molecule is Cc1ccc([C@@H](C)N)c(OCc2ccnc(C#N)c2)c1. The van der Waals surface area contributed by atoms with Crippen LogP contribution >= 0.6 is 0 Å². The van der Waals surface area contributed by atoms with Crippen molar-refractivity contribution in [2.75, 3.05) is 0 Å². The maximum absolute atomic E-state index is 8.83. The van der Waals surface area contributed by atoms with Gasteiger partial charge in [-0.05, 0) is 43.2 Å². The lowest BCUT2D eigenvalue weighted by Gasteiger charge is -2.15. The first-order valence-corrected chi connectivity index (χ1v) is 6.44. The summed E-state index contributed by atoms with van der Waals surface area (Å²) < 4.78 is 5.85. The van der Waals surface area contributed by atoms with E-state index in [4.69, 9.17) is 15.7 Å². The van der Waals surface area contributed by atoms with Crippen molar-refractivity contribution in [2.24, 2.45) is 5.73 Å². The molecule has 2 rings (SSSR count). The van der Waals surface area contributed by atoms with Gasteiger partial charge in [-0.25, -0.2) is 4.98 Å². The van der Waals surface area contributed by atoms with Gasteiger partial charge in [0, 0.05) is 17.8 Å². The molecule has 4 nitrogen and oxygen atoms in total. The number of nitrogens with two attached hydrogens (primary N) is 1. The first-order valence-electron chi connectivity index (χ1n) is 6.44. The molecule has 0 fully saturated rings. The zero-order valence-corrected chi connectivity index (χ0v) is 11.6. The summed E-state index contributed by atoms with van der Waals surface area (Å²) in [7, 11) is 0. The number of hydrogen-bond acceptors (Lipinski definition) is 4. The molecule has 1 heterocycles. The number of nitrogens with zero attached hydrogens (tertiary/aromatic N) is 2. The average molecular weight is 267 g/mol. The molecule has 0 saturated carbocycles. The molecule has 1 aromatic carbocycles. The molecule has 0 saturated heterocycles. The number of hydrogen-bond donors (Lipinski definition) is 1. The van der Waals surface area contributed by atoms with Crippen LogP contribution in [0.1, 0.15) is 35.3 Å². The highest BCUT2D eigenvalue weighted by molar-refractivity contribution is 5.39. The van der Waals surface area contributed by atoms with Crippen molar-refractivity contribution in [3.63, 3.8) is 0 Å². The topological polar surface area (TPSA) is 71.9 Å². The van der Waals surface area contributed by atoms with Gasteiger partial charge in [-0.15, -0.1) is 0 Å². The third kappa shape index (κ3) is 3.34. The van der Waals surface area contributed by atoms with Gasteiger partial charge in [-0.1, -0.05) is 12.1 Å². The number of rotatable bonds is 4. The monoisotopic (exact) mass is 267 g/mol. The third-order valence-corrected chi connectivity index (χ3v) is 2.99. The molecule has 0 aliphatic heterocycles. The van der Waals surface area contributed by atoms with E-state index in [1.54, 1.807) is 12.3 Å². The predicted molar refractivity (Wildman–Crippen MR) is 77.1 cm³/mol. The molecule has 1 atom stereocenters. The van der Waals surface area contributed by atoms with Crippen molar-refractivity contribution < 1.29 is 4.74 Å². The Morgan fingerprint density at radius 2 is 2.15 bits per heavy atom. The van der Waals surface area contributed by atoms with Crippen molar-refractivity contribution in [2.45, 2.75) is 26.5 Å². The second-order valence-electron chi connectivity index (χ2n) is 4.78. The fourth-order valence-corrected chi connectivity index (χ4v) is 1.93. The summed E-state index contributed by atoms with van der Waals surface area (Å²) in [5, 5.41) is 8.83. The quantitative estimate of drug-likeness (QED) is 0.924. The van der Waals surface area contributed by atoms with Gasteiger partial charge in [0.05, 0.1) is 0 Å². The van der Waals surface area contributed by atoms with Gasteiger partial charge in [0.1, 0.15) is 24.1 Å². The van der Waals surface area contributed by atoms with Gasteiger partial charge >= 0.3 is 0 Å². The predicted octanol–water partition coefficient (Wildman–Crippen LogP) is 2.86. The Labute approximate surface area is 118 Å². The summed E-state index contributed by atoms with van der Waals surface area (Å²) in [5.41, 5.74) is 9.35. The standard InChI is InChI=1S/C16H17N3O/c1-11-3-4-15(12(2)18)16(7-11)20-10-13-5-6-19-14(8-13)9-17/h3-8,12H,10,18H2,1-2H3/t12-/m1/s1. The van der Waals surface area contributed by atoms with Crippen LogP contribution in [-0.2, 0) is 6.61 Å². The van der Waals surface area contributed by atoms with Crippen LogP contribution < -0.4 is 10.5 Å². The number of ether oxygens (including phenoxy) is 1. The van der Waals surface area contributed by atoms with E-state index < -0.39 is 0 Å². The molecule has 20 heavy (non-hydrogen) atoms. The highest BCUT2D eigenvalue weighted by Gasteiger charge is 2.08. The fraction of sp³-hybridized carbons (Fsp3) is 0.250. The van der Waals surface area contributed by atoms with Gasteiger partial charge < -0.3 is 10.5 Å². The van der Waals surface area contributed by atoms with Gasteiger partial charge in [0.2, 0.25) is 0 Å². The van der Waals surface area contributed by atoms with Gasteiger partial charge in [0.25, 0.3) is 0 Å². The van der Waals surface area contributed by atoms with Crippen molar-refractivity contribution in [3.8, 4) is 11.8 Å². The molecule has 0 amide bonds. The zero-order chi connectivity index (χ0) is 14.5. The Morgan fingerprint density at radius 3 is 2.85 bits per heavy atom. The molecule has 0 radical (unpaired) electrons. The number of aromatic nitrogens is 1. The smallest absolute Gasteiger partial charge is 0.140 e. The summed E-state index contributed by atoms with van der Waals surface area (Å²) in [5.74, 6) is 0.787. The summed E-state index contributed by atoms with van der Waals surface area (Å²) in [6.45, 7) is 4.33. The molecule has 0 spiro atoms. The molecular weight excluding hydrogens is 250 g/mol. The van der Waals surface area contributed by atoms with E-state index in [9.17, 15) is 0 Å². The van der Waals surface area contributed by atoms with Gasteiger partial charge in [-0.3, -0.25) is 0 Å². The minimum absolute atomic E-state index is 0.0855. The highest BCUT2D eigenvalue weighted by Crippen LogP contribution is 2.26. The Morgan fingerprint density at radius 1 is 1.35 bits per heavy atom.